The summed E-state index contributed by atoms with van der Waals surface area (Å²) in [6, 6.07) is 0. The fourth-order valence-corrected chi connectivity index (χ4v) is 3.05. The molecule has 18 heavy (non-hydrogen) atoms. The first kappa shape index (κ1) is 15.7. The monoisotopic (exact) mass is 286 g/mol. The second-order valence-corrected chi connectivity index (χ2v) is 6.27. The average Bonchev–Trinajstić information content (AvgIpc) is 2.35. The van der Waals surface area contributed by atoms with E-state index in [4.69, 9.17) is 4.74 Å². The minimum absolute atomic E-state index is 0.0872. The number of ether oxygens (including phenoxy) is 1. The minimum atomic E-state index is -4.42. The highest BCUT2D eigenvalue weighted by molar-refractivity contribution is 7.89. The number of nitrogens with one attached hydrogen (secondary N) is 1. The molecule has 0 bridgehead atoms. The third-order valence-electron chi connectivity index (χ3n) is 2.98. The van der Waals surface area contributed by atoms with Crippen LogP contribution in [0.5, 0.6) is 0 Å². The summed E-state index contributed by atoms with van der Waals surface area (Å²) < 4.78 is 53.3. The molecule has 1 aliphatic rings. The summed E-state index contributed by atoms with van der Waals surface area (Å²) >= 11 is 0. The van der Waals surface area contributed by atoms with Crippen LogP contribution in [0.3, 0.4) is 0 Å². The van der Waals surface area contributed by atoms with Crippen molar-refractivity contribution in [3.05, 3.63) is 0 Å². The molecule has 0 amide bonds. The molecule has 1 fully saturated rings. The van der Waals surface area contributed by atoms with Crippen molar-refractivity contribution in [3.8, 4) is 0 Å². The number of rotatable bonds is 7. The molecule has 1 rings (SSSR count). The molecular formula is C10H20F2N2O3S. The van der Waals surface area contributed by atoms with Gasteiger partial charge in [-0.3, -0.25) is 0 Å². The molecule has 1 saturated heterocycles. The molecule has 0 aromatic heterocycles. The van der Waals surface area contributed by atoms with Crippen LogP contribution in [0.1, 0.15) is 12.8 Å². The molecule has 0 aromatic rings. The molecule has 1 aliphatic heterocycles. The first-order valence-corrected chi connectivity index (χ1v) is 7.45. The standard InChI is InChI=1S/C10H20F2N2O3S/c1-17-6-4-13-7-9-3-2-5-14(8-9)18(15,16)10(11)12/h9-10,13H,2-8H2,1H3. The van der Waals surface area contributed by atoms with Crippen molar-refractivity contribution in [1.29, 1.82) is 0 Å². The van der Waals surface area contributed by atoms with Gasteiger partial charge in [0.15, 0.2) is 0 Å². The highest BCUT2D eigenvalue weighted by Gasteiger charge is 2.35. The van der Waals surface area contributed by atoms with Gasteiger partial charge in [-0.15, -0.1) is 0 Å². The van der Waals surface area contributed by atoms with Gasteiger partial charge in [-0.05, 0) is 25.3 Å². The lowest BCUT2D eigenvalue weighted by molar-refractivity contribution is 0.187. The van der Waals surface area contributed by atoms with Crippen molar-refractivity contribution in [2.75, 3.05) is 39.9 Å². The van der Waals surface area contributed by atoms with Gasteiger partial charge in [0.1, 0.15) is 0 Å². The molecule has 8 heteroatoms. The Morgan fingerprint density at radius 2 is 2.22 bits per heavy atom. The van der Waals surface area contributed by atoms with Gasteiger partial charge in [-0.2, -0.15) is 13.1 Å². The van der Waals surface area contributed by atoms with Crippen LogP contribution in [0.25, 0.3) is 0 Å². The Morgan fingerprint density at radius 3 is 2.83 bits per heavy atom. The van der Waals surface area contributed by atoms with Crippen molar-refractivity contribution in [2.45, 2.75) is 18.6 Å². The largest absolute Gasteiger partial charge is 0.383 e. The lowest BCUT2D eigenvalue weighted by Gasteiger charge is -2.31. The number of hydrogen-bond donors (Lipinski definition) is 1. The van der Waals surface area contributed by atoms with E-state index in [1.165, 1.54) is 0 Å². The Morgan fingerprint density at radius 1 is 1.50 bits per heavy atom. The minimum Gasteiger partial charge on any atom is -0.383 e. The summed E-state index contributed by atoms with van der Waals surface area (Å²) in [5, 5.41) is 3.12. The summed E-state index contributed by atoms with van der Waals surface area (Å²) in [5.74, 6) is -3.23. The van der Waals surface area contributed by atoms with Crippen molar-refractivity contribution in [2.24, 2.45) is 5.92 Å². The number of piperidine rings is 1. The van der Waals surface area contributed by atoms with Gasteiger partial charge in [-0.25, -0.2) is 8.42 Å². The van der Waals surface area contributed by atoms with Gasteiger partial charge in [0.05, 0.1) is 6.61 Å². The quantitative estimate of drug-likeness (QED) is 0.692. The Bertz CT molecular complexity index is 338. The molecule has 0 aromatic carbocycles. The topological polar surface area (TPSA) is 58.6 Å². The lowest BCUT2D eigenvalue weighted by atomic mass is 10.00. The Kier molecular flexibility index (Phi) is 6.40. The fourth-order valence-electron chi connectivity index (χ4n) is 2.02. The van der Waals surface area contributed by atoms with Crippen molar-refractivity contribution < 1.29 is 21.9 Å². The second-order valence-electron chi connectivity index (χ2n) is 4.37. The summed E-state index contributed by atoms with van der Waals surface area (Å²) in [5.41, 5.74) is 0. The van der Waals surface area contributed by atoms with Crippen LogP contribution in [0.4, 0.5) is 8.78 Å². The van der Waals surface area contributed by atoms with E-state index in [-0.39, 0.29) is 19.0 Å². The summed E-state index contributed by atoms with van der Waals surface area (Å²) in [6.45, 7) is 2.24. The van der Waals surface area contributed by atoms with Gasteiger partial charge in [0, 0.05) is 26.7 Å². The van der Waals surface area contributed by atoms with Crippen molar-refractivity contribution >= 4 is 10.0 Å². The molecule has 1 atom stereocenters. The fraction of sp³-hybridized carbons (Fsp3) is 1.00. The smallest absolute Gasteiger partial charge is 0.350 e. The maximum absolute atomic E-state index is 12.4. The zero-order valence-electron chi connectivity index (χ0n) is 10.4. The number of nitrogens with zero attached hydrogens (tertiary/aromatic N) is 1. The first-order chi connectivity index (χ1) is 8.48. The molecule has 1 unspecified atom stereocenters. The van der Waals surface area contributed by atoms with Crippen LogP contribution in [0.2, 0.25) is 0 Å². The molecule has 108 valence electrons. The zero-order chi connectivity index (χ0) is 13.6. The van der Waals surface area contributed by atoms with Crippen LogP contribution in [0.15, 0.2) is 0 Å². The number of halogens is 2. The highest BCUT2D eigenvalue weighted by atomic mass is 32.2. The average molecular weight is 286 g/mol. The van der Waals surface area contributed by atoms with Crippen molar-refractivity contribution in [3.63, 3.8) is 0 Å². The van der Waals surface area contributed by atoms with Gasteiger partial charge in [0.25, 0.3) is 10.0 Å². The van der Waals surface area contributed by atoms with Crippen LogP contribution < -0.4 is 5.32 Å². The van der Waals surface area contributed by atoms with Gasteiger partial charge < -0.3 is 10.1 Å². The maximum atomic E-state index is 12.4. The van der Waals surface area contributed by atoms with Crippen LogP contribution in [0, 0.1) is 5.92 Å². The van der Waals surface area contributed by atoms with E-state index >= 15 is 0 Å². The van der Waals surface area contributed by atoms with Gasteiger partial charge in [0.2, 0.25) is 0 Å². The number of alkyl halides is 2. The lowest BCUT2D eigenvalue weighted by Crippen LogP contribution is -2.45. The molecule has 0 radical (unpaired) electrons. The highest BCUT2D eigenvalue weighted by Crippen LogP contribution is 2.21. The Hall–Kier alpha value is -0.310. The van der Waals surface area contributed by atoms with E-state index in [0.29, 0.717) is 26.1 Å². The normalized spacial score (nSPS) is 22.6. The molecule has 5 nitrogen and oxygen atoms in total. The van der Waals surface area contributed by atoms with E-state index < -0.39 is 15.8 Å². The SMILES string of the molecule is COCCNCC1CCCN(S(=O)(=O)C(F)F)C1. The Balaban J connectivity index is 2.41. The van der Waals surface area contributed by atoms with Gasteiger partial charge in [-0.1, -0.05) is 0 Å². The van der Waals surface area contributed by atoms with Crippen LogP contribution in [-0.4, -0.2) is 58.4 Å². The van der Waals surface area contributed by atoms with E-state index in [9.17, 15) is 17.2 Å². The van der Waals surface area contributed by atoms with E-state index in [1.807, 2.05) is 0 Å². The third-order valence-corrected chi connectivity index (χ3v) is 4.48. The predicted octanol–water partition coefficient (Wildman–Crippen LogP) is 0.487. The predicted molar refractivity (Wildman–Crippen MR) is 64.0 cm³/mol. The third kappa shape index (κ3) is 4.42. The number of hydrogen-bond acceptors (Lipinski definition) is 4. The first-order valence-electron chi connectivity index (χ1n) is 5.95. The Labute approximate surface area is 107 Å². The second kappa shape index (κ2) is 7.32. The summed E-state index contributed by atoms with van der Waals surface area (Å²) in [7, 11) is -2.82. The summed E-state index contributed by atoms with van der Waals surface area (Å²) in [6.07, 6.45) is 1.48. The van der Waals surface area contributed by atoms with Gasteiger partial charge >= 0.3 is 5.76 Å². The molecule has 1 heterocycles. The van der Waals surface area contributed by atoms with Crippen LogP contribution >= 0.6 is 0 Å². The van der Waals surface area contributed by atoms with E-state index in [0.717, 1.165) is 10.7 Å². The number of methoxy groups -OCH3 is 1. The maximum Gasteiger partial charge on any atom is 0.350 e. The zero-order valence-corrected chi connectivity index (χ0v) is 11.3. The molecular weight excluding hydrogens is 266 g/mol. The molecule has 0 aliphatic carbocycles. The van der Waals surface area contributed by atoms with Crippen molar-refractivity contribution in [1.82, 2.24) is 9.62 Å². The number of sulfonamides is 1. The molecule has 0 spiro atoms. The van der Waals surface area contributed by atoms with E-state index in [1.54, 1.807) is 7.11 Å². The molecule has 0 saturated carbocycles. The molecule has 1 N–H and O–H groups in total. The van der Waals surface area contributed by atoms with E-state index in [2.05, 4.69) is 5.32 Å². The van der Waals surface area contributed by atoms with Crippen LogP contribution in [-0.2, 0) is 14.8 Å². The summed E-state index contributed by atoms with van der Waals surface area (Å²) in [4.78, 5) is 0.